The van der Waals surface area contributed by atoms with Crippen LogP contribution in [0.5, 0.6) is 0 Å². The largest absolute Gasteiger partial charge is 0.389 e. The van der Waals surface area contributed by atoms with Crippen molar-refractivity contribution in [1.29, 1.82) is 0 Å². The lowest BCUT2D eigenvalue weighted by atomic mass is 10.0. The summed E-state index contributed by atoms with van der Waals surface area (Å²) in [5.41, 5.74) is 5.51. The van der Waals surface area contributed by atoms with Gasteiger partial charge < -0.3 is 10.8 Å². The highest BCUT2D eigenvalue weighted by molar-refractivity contribution is 4.97. The summed E-state index contributed by atoms with van der Waals surface area (Å²) in [6, 6.07) is 0.176. The average Bonchev–Trinajstić information content (AvgIpc) is 1.64. The van der Waals surface area contributed by atoms with Gasteiger partial charge in [0.1, 0.15) is 0 Å². The van der Waals surface area contributed by atoms with Gasteiger partial charge in [0.15, 0.2) is 0 Å². The SMILES string of the molecule is N[C@@H]1CC=C[C@H](O)C1. The van der Waals surface area contributed by atoms with Crippen molar-refractivity contribution in [3.63, 3.8) is 0 Å². The minimum atomic E-state index is -0.293. The molecule has 3 N–H and O–H groups in total. The molecule has 1 aliphatic carbocycles. The number of hydrogen-bond acceptors (Lipinski definition) is 2. The van der Waals surface area contributed by atoms with Gasteiger partial charge in [-0.05, 0) is 12.8 Å². The highest BCUT2D eigenvalue weighted by atomic mass is 16.3. The Bertz CT molecular complexity index is 101. The van der Waals surface area contributed by atoms with Gasteiger partial charge in [-0.25, -0.2) is 0 Å². The molecule has 0 unspecified atom stereocenters. The minimum Gasteiger partial charge on any atom is -0.389 e. The molecule has 2 atom stereocenters. The normalized spacial score (nSPS) is 37.8. The zero-order valence-electron chi connectivity index (χ0n) is 4.75. The van der Waals surface area contributed by atoms with E-state index in [0.29, 0.717) is 0 Å². The summed E-state index contributed by atoms with van der Waals surface area (Å²) in [5, 5.41) is 8.91. The highest BCUT2D eigenvalue weighted by Gasteiger charge is 2.10. The predicted molar refractivity (Wildman–Crippen MR) is 32.4 cm³/mol. The molecular formula is C6H11NO. The summed E-state index contributed by atoms with van der Waals surface area (Å²) >= 11 is 0. The summed E-state index contributed by atoms with van der Waals surface area (Å²) in [6.45, 7) is 0. The molecule has 0 saturated heterocycles. The summed E-state index contributed by atoms with van der Waals surface area (Å²) in [5.74, 6) is 0. The van der Waals surface area contributed by atoms with Crippen molar-refractivity contribution in [3.05, 3.63) is 12.2 Å². The van der Waals surface area contributed by atoms with Crippen LogP contribution in [0.15, 0.2) is 12.2 Å². The van der Waals surface area contributed by atoms with Gasteiger partial charge in [0, 0.05) is 6.04 Å². The van der Waals surface area contributed by atoms with E-state index >= 15 is 0 Å². The number of aliphatic hydroxyl groups is 1. The monoisotopic (exact) mass is 113 g/mol. The van der Waals surface area contributed by atoms with Crippen LogP contribution in [-0.4, -0.2) is 17.3 Å². The van der Waals surface area contributed by atoms with Crippen LogP contribution in [-0.2, 0) is 0 Å². The first kappa shape index (κ1) is 5.79. The van der Waals surface area contributed by atoms with Gasteiger partial charge in [-0.1, -0.05) is 12.2 Å². The third-order valence-electron chi connectivity index (χ3n) is 1.34. The summed E-state index contributed by atoms with van der Waals surface area (Å²) in [7, 11) is 0. The maximum Gasteiger partial charge on any atom is 0.0735 e. The molecule has 0 aromatic rings. The van der Waals surface area contributed by atoms with Crippen molar-refractivity contribution in [2.24, 2.45) is 5.73 Å². The molecule has 2 nitrogen and oxygen atoms in total. The summed E-state index contributed by atoms with van der Waals surface area (Å²) in [4.78, 5) is 0. The summed E-state index contributed by atoms with van der Waals surface area (Å²) < 4.78 is 0. The van der Waals surface area contributed by atoms with E-state index < -0.39 is 0 Å². The molecule has 0 aromatic heterocycles. The van der Waals surface area contributed by atoms with Gasteiger partial charge in [-0.15, -0.1) is 0 Å². The molecule has 0 saturated carbocycles. The Morgan fingerprint density at radius 2 is 2.38 bits per heavy atom. The van der Waals surface area contributed by atoms with Gasteiger partial charge in [-0.2, -0.15) is 0 Å². The van der Waals surface area contributed by atoms with E-state index in [0.717, 1.165) is 12.8 Å². The molecule has 2 heteroatoms. The maximum absolute atomic E-state index is 8.91. The van der Waals surface area contributed by atoms with Crippen LogP contribution in [0.2, 0.25) is 0 Å². The quantitative estimate of drug-likeness (QED) is 0.435. The van der Waals surface area contributed by atoms with Crippen LogP contribution in [0, 0.1) is 0 Å². The molecule has 0 aliphatic heterocycles. The molecule has 8 heavy (non-hydrogen) atoms. The molecule has 0 fully saturated rings. The van der Waals surface area contributed by atoms with E-state index in [2.05, 4.69) is 0 Å². The van der Waals surface area contributed by atoms with E-state index in [1.165, 1.54) is 0 Å². The fourth-order valence-corrected chi connectivity index (χ4v) is 0.895. The highest BCUT2D eigenvalue weighted by Crippen LogP contribution is 2.08. The number of rotatable bonds is 0. The second-order valence-electron chi connectivity index (χ2n) is 2.23. The van der Waals surface area contributed by atoms with E-state index in [4.69, 9.17) is 10.8 Å². The van der Waals surface area contributed by atoms with Gasteiger partial charge in [0.2, 0.25) is 0 Å². The predicted octanol–water partition coefficient (Wildman–Crippen LogP) is 0.0246. The Labute approximate surface area is 49.0 Å². The Kier molecular flexibility index (Phi) is 1.65. The average molecular weight is 113 g/mol. The number of aliphatic hydroxyl groups excluding tert-OH is 1. The lowest BCUT2D eigenvalue weighted by Crippen LogP contribution is -2.27. The molecule has 1 rings (SSSR count). The molecule has 0 bridgehead atoms. The topological polar surface area (TPSA) is 46.2 Å². The molecule has 46 valence electrons. The van der Waals surface area contributed by atoms with Gasteiger partial charge in [0.25, 0.3) is 0 Å². The first-order valence-corrected chi connectivity index (χ1v) is 2.89. The van der Waals surface area contributed by atoms with Gasteiger partial charge >= 0.3 is 0 Å². The van der Waals surface area contributed by atoms with Gasteiger partial charge in [0.05, 0.1) is 6.10 Å². The molecule has 0 radical (unpaired) electrons. The van der Waals surface area contributed by atoms with E-state index in [1.54, 1.807) is 6.08 Å². The van der Waals surface area contributed by atoms with Crippen molar-refractivity contribution < 1.29 is 5.11 Å². The van der Waals surface area contributed by atoms with Crippen molar-refractivity contribution in [2.75, 3.05) is 0 Å². The lowest BCUT2D eigenvalue weighted by Gasteiger charge is -2.16. The second-order valence-corrected chi connectivity index (χ2v) is 2.23. The van der Waals surface area contributed by atoms with E-state index in [9.17, 15) is 0 Å². The standard InChI is InChI=1S/C6H11NO/c7-5-2-1-3-6(8)4-5/h1,3,5-6,8H,2,4,7H2/t5-,6+/m1/s1. The van der Waals surface area contributed by atoms with Crippen LogP contribution >= 0.6 is 0 Å². The number of nitrogens with two attached hydrogens (primary N) is 1. The zero-order valence-corrected chi connectivity index (χ0v) is 4.75. The lowest BCUT2D eigenvalue weighted by molar-refractivity contribution is 0.196. The summed E-state index contributed by atoms with van der Waals surface area (Å²) in [6.07, 6.45) is 5.06. The van der Waals surface area contributed by atoms with Crippen molar-refractivity contribution in [1.82, 2.24) is 0 Å². The Morgan fingerprint density at radius 1 is 1.62 bits per heavy atom. The van der Waals surface area contributed by atoms with Crippen LogP contribution in [0.1, 0.15) is 12.8 Å². The van der Waals surface area contributed by atoms with Crippen molar-refractivity contribution in [3.8, 4) is 0 Å². The second kappa shape index (κ2) is 2.29. The zero-order chi connectivity index (χ0) is 5.98. The first-order valence-electron chi connectivity index (χ1n) is 2.89. The van der Waals surface area contributed by atoms with Crippen LogP contribution in [0.3, 0.4) is 0 Å². The fraction of sp³-hybridized carbons (Fsp3) is 0.667. The Balaban J connectivity index is 2.42. The molecular weight excluding hydrogens is 102 g/mol. The fourth-order valence-electron chi connectivity index (χ4n) is 0.895. The minimum absolute atomic E-state index is 0.176. The van der Waals surface area contributed by atoms with Crippen LogP contribution < -0.4 is 5.73 Å². The van der Waals surface area contributed by atoms with Crippen LogP contribution in [0.25, 0.3) is 0 Å². The smallest absolute Gasteiger partial charge is 0.0735 e. The molecule has 0 aromatic carbocycles. The van der Waals surface area contributed by atoms with Crippen LogP contribution in [0.4, 0.5) is 0 Å². The number of hydrogen-bond donors (Lipinski definition) is 2. The third-order valence-corrected chi connectivity index (χ3v) is 1.34. The molecule has 0 heterocycles. The van der Waals surface area contributed by atoms with E-state index in [-0.39, 0.29) is 12.1 Å². The van der Waals surface area contributed by atoms with E-state index in [1.807, 2.05) is 6.08 Å². The maximum atomic E-state index is 8.91. The molecule has 0 amide bonds. The molecule has 1 aliphatic rings. The van der Waals surface area contributed by atoms with Crippen molar-refractivity contribution >= 4 is 0 Å². The van der Waals surface area contributed by atoms with Gasteiger partial charge in [-0.3, -0.25) is 0 Å². The Hall–Kier alpha value is -0.340. The Morgan fingerprint density at radius 3 is 2.75 bits per heavy atom. The van der Waals surface area contributed by atoms with Crippen molar-refractivity contribution in [2.45, 2.75) is 25.0 Å². The third kappa shape index (κ3) is 1.32. The molecule has 0 spiro atoms. The first-order chi connectivity index (χ1) is 3.79.